The standard InChI is InChI=1S/C15H18F2N2O/c1-18-8-7-10-5-6-11(9-18)19(10)15(20)14-12(16)3-2-4-13(14)17/h2-4,10-11H,5-9H2,1H3/t10-,11+/m1/s1. The van der Waals surface area contributed by atoms with Crippen molar-refractivity contribution in [2.24, 2.45) is 0 Å². The summed E-state index contributed by atoms with van der Waals surface area (Å²) in [5, 5.41) is 0. The van der Waals surface area contributed by atoms with Gasteiger partial charge >= 0.3 is 0 Å². The molecule has 108 valence electrons. The average Bonchev–Trinajstić information content (AvgIpc) is 2.69. The van der Waals surface area contributed by atoms with Gasteiger partial charge in [0.15, 0.2) is 0 Å². The molecule has 0 radical (unpaired) electrons. The van der Waals surface area contributed by atoms with Crippen LogP contribution in [0.5, 0.6) is 0 Å². The van der Waals surface area contributed by atoms with Crippen LogP contribution >= 0.6 is 0 Å². The van der Waals surface area contributed by atoms with Gasteiger partial charge in [-0.25, -0.2) is 8.78 Å². The highest BCUT2D eigenvalue weighted by molar-refractivity contribution is 5.95. The van der Waals surface area contributed by atoms with E-state index in [0.717, 1.165) is 44.5 Å². The van der Waals surface area contributed by atoms with Crippen molar-refractivity contribution >= 4 is 5.91 Å². The highest BCUT2D eigenvalue weighted by atomic mass is 19.1. The molecule has 20 heavy (non-hydrogen) atoms. The third-order valence-electron chi connectivity index (χ3n) is 4.40. The van der Waals surface area contributed by atoms with Crippen LogP contribution in [0.25, 0.3) is 0 Å². The number of benzene rings is 1. The number of likely N-dealkylation sites (tertiary alicyclic amines) is 1. The summed E-state index contributed by atoms with van der Waals surface area (Å²) in [6, 6.07) is 3.74. The van der Waals surface area contributed by atoms with Gasteiger partial charge < -0.3 is 9.80 Å². The van der Waals surface area contributed by atoms with Gasteiger partial charge in [0.05, 0.1) is 0 Å². The lowest BCUT2D eigenvalue weighted by atomic mass is 10.1. The summed E-state index contributed by atoms with van der Waals surface area (Å²) < 4.78 is 27.6. The van der Waals surface area contributed by atoms with Gasteiger partial charge in [-0.3, -0.25) is 4.79 Å². The fraction of sp³-hybridized carbons (Fsp3) is 0.533. The Bertz CT molecular complexity index is 514. The molecule has 2 fully saturated rings. The summed E-state index contributed by atoms with van der Waals surface area (Å²) in [5.41, 5.74) is -0.408. The molecule has 1 aromatic rings. The van der Waals surface area contributed by atoms with Gasteiger partial charge in [0.1, 0.15) is 17.2 Å². The molecule has 2 aliphatic rings. The number of carbonyl (C=O) groups excluding carboxylic acids is 1. The Morgan fingerprint density at radius 2 is 1.80 bits per heavy atom. The fourth-order valence-electron chi connectivity index (χ4n) is 3.41. The first-order valence-corrected chi connectivity index (χ1v) is 7.03. The van der Waals surface area contributed by atoms with Gasteiger partial charge in [-0.1, -0.05) is 6.07 Å². The lowest BCUT2D eigenvalue weighted by Gasteiger charge is -2.28. The van der Waals surface area contributed by atoms with E-state index in [0.29, 0.717) is 0 Å². The second kappa shape index (κ2) is 5.13. The minimum atomic E-state index is -0.771. The molecular formula is C15H18F2N2O. The molecule has 3 rings (SSSR count). The van der Waals surface area contributed by atoms with Crippen LogP contribution < -0.4 is 0 Å². The first kappa shape index (κ1) is 13.5. The van der Waals surface area contributed by atoms with E-state index in [2.05, 4.69) is 4.90 Å². The number of fused-ring (bicyclic) bond motifs is 2. The van der Waals surface area contributed by atoms with Crippen LogP contribution in [-0.2, 0) is 0 Å². The molecule has 0 saturated carbocycles. The number of carbonyl (C=O) groups is 1. The first-order valence-electron chi connectivity index (χ1n) is 7.03. The predicted octanol–water partition coefficient (Wildman–Crippen LogP) is 2.27. The Balaban J connectivity index is 1.94. The summed E-state index contributed by atoms with van der Waals surface area (Å²) in [5.74, 6) is -2.04. The van der Waals surface area contributed by atoms with Crippen molar-refractivity contribution < 1.29 is 13.6 Å². The topological polar surface area (TPSA) is 23.6 Å². The fourth-order valence-corrected chi connectivity index (χ4v) is 3.41. The number of amides is 1. The van der Waals surface area contributed by atoms with E-state index >= 15 is 0 Å². The number of halogens is 2. The van der Waals surface area contributed by atoms with Crippen molar-refractivity contribution in [2.45, 2.75) is 31.3 Å². The summed E-state index contributed by atoms with van der Waals surface area (Å²) in [4.78, 5) is 16.5. The molecular weight excluding hydrogens is 262 g/mol. The number of nitrogens with zero attached hydrogens (tertiary/aromatic N) is 2. The first-order chi connectivity index (χ1) is 9.58. The highest BCUT2D eigenvalue weighted by Crippen LogP contribution is 2.32. The molecule has 2 saturated heterocycles. The van der Waals surface area contributed by atoms with E-state index in [1.165, 1.54) is 6.07 Å². The van der Waals surface area contributed by atoms with Crippen molar-refractivity contribution in [2.75, 3.05) is 20.1 Å². The third-order valence-corrected chi connectivity index (χ3v) is 4.40. The normalized spacial score (nSPS) is 26.6. The average molecular weight is 280 g/mol. The molecule has 0 unspecified atom stereocenters. The molecule has 1 amide bonds. The summed E-state index contributed by atoms with van der Waals surface area (Å²) >= 11 is 0. The van der Waals surface area contributed by atoms with E-state index < -0.39 is 23.1 Å². The predicted molar refractivity (Wildman–Crippen MR) is 71.5 cm³/mol. The second-order valence-corrected chi connectivity index (χ2v) is 5.74. The maximum absolute atomic E-state index is 13.8. The van der Waals surface area contributed by atoms with E-state index in [1.807, 2.05) is 7.05 Å². The summed E-state index contributed by atoms with van der Waals surface area (Å²) in [6.07, 6.45) is 2.71. The van der Waals surface area contributed by atoms with Crippen LogP contribution in [0.4, 0.5) is 8.78 Å². The molecule has 2 aliphatic heterocycles. The van der Waals surface area contributed by atoms with Gasteiger partial charge in [0.25, 0.3) is 5.91 Å². The maximum Gasteiger partial charge on any atom is 0.260 e. The number of hydrogen-bond donors (Lipinski definition) is 0. The molecule has 2 bridgehead atoms. The summed E-state index contributed by atoms with van der Waals surface area (Å²) in [6.45, 7) is 1.70. The molecule has 3 nitrogen and oxygen atoms in total. The summed E-state index contributed by atoms with van der Waals surface area (Å²) in [7, 11) is 2.02. The Morgan fingerprint density at radius 3 is 2.50 bits per heavy atom. The van der Waals surface area contributed by atoms with Gasteiger partial charge in [-0.2, -0.15) is 0 Å². The highest BCUT2D eigenvalue weighted by Gasteiger charge is 2.40. The Kier molecular flexibility index (Phi) is 3.46. The van der Waals surface area contributed by atoms with Crippen LogP contribution in [0.2, 0.25) is 0 Å². The third kappa shape index (κ3) is 2.20. The molecule has 0 aromatic heterocycles. The van der Waals surface area contributed by atoms with E-state index in [1.54, 1.807) is 4.90 Å². The zero-order chi connectivity index (χ0) is 14.3. The number of rotatable bonds is 1. The van der Waals surface area contributed by atoms with Crippen LogP contribution in [0, 0.1) is 11.6 Å². The maximum atomic E-state index is 13.8. The SMILES string of the molecule is CN1CC[C@H]2CC[C@@H](C1)N2C(=O)c1c(F)cccc1F. The van der Waals surface area contributed by atoms with Crippen LogP contribution in [-0.4, -0.2) is 47.9 Å². The van der Waals surface area contributed by atoms with Gasteiger partial charge in [-0.05, 0) is 45.0 Å². The van der Waals surface area contributed by atoms with Crippen molar-refractivity contribution in [3.63, 3.8) is 0 Å². The number of hydrogen-bond acceptors (Lipinski definition) is 2. The van der Waals surface area contributed by atoms with Crippen LogP contribution in [0.15, 0.2) is 18.2 Å². The quantitative estimate of drug-likeness (QED) is 0.788. The van der Waals surface area contributed by atoms with Gasteiger partial charge in [0, 0.05) is 18.6 Å². The molecule has 0 N–H and O–H groups in total. The van der Waals surface area contributed by atoms with Crippen molar-refractivity contribution in [1.82, 2.24) is 9.80 Å². The molecule has 0 aliphatic carbocycles. The van der Waals surface area contributed by atoms with Crippen LogP contribution in [0.3, 0.4) is 0 Å². The Morgan fingerprint density at radius 1 is 1.15 bits per heavy atom. The van der Waals surface area contributed by atoms with Gasteiger partial charge in [-0.15, -0.1) is 0 Å². The monoisotopic (exact) mass is 280 g/mol. The van der Waals surface area contributed by atoms with Crippen molar-refractivity contribution in [1.29, 1.82) is 0 Å². The lowest BCUT2D eigenvalue weighted by Crippen LogP contribution is -2.43. The Hall–Kier alpha value is -1.49. The zero-order valence-electron chi connectivity index (χ0n) is 11.5. The van der Waals surface area contributed by atoms with E-state index in [4.69, 9.17) is 0 Å². The second-order valence-electron chi connectivity index (χ2n) is 5.74. The lowest BCUT2D eigenvalue weighted by molar-refractivity contribution is 0.0663. The minimum absolute atomic E-state index is 0.0685. The van der Waals surface area contributed by atoms with E-state index in [-0.39, 0.29) is 12.1 Å². The molecule has 2 heterocycles. The molecule has 2 atom stereocenters. The van der Waals surface area contributed by atoms with E-state index in [9.17, 15) is 13.6 Å². The minimum Gasteiger partial charge on any atom is -0.331 e. The molecule has 0 spiro atoms. The van der Waals surface area contributed by atoms with Crippen LogP contribution in [0.1, 0.15) is 29.6 Å². The Labute approximate surface area is 117 Å². The largest absolute Gasteiger partial charge is 0.331 e. The van der Waals surface area contributed by atoms with Crippen molar-refractivity contribution in [3.8, 4) is 0 Å². The smallest absolute Gasteiger partial charge is 0.260 e. The molecule has 1 aromatic carbocycles. The zero-order valence-corrected chi connectivity index (χ0v) is 11.5. The number of likely N-dealkylation sites (N-methyl/N-ethyl adjacent to an activating group) is 1. The van der Waals surface area contributed by atoms with Crippen molar-refractivity contribution in [3.05, 3.63) is 35.4 Å². The molecule has 5 heteroatoms. The van der Waals surface area contributed by atoms with Gasteiger partial charge in [0.2, 0.25) is 0 Å².